The molecule has 0 bridgehead atoms. The van der Waals surface area contributed by atoms with Crippen LogP contribution in [0.5, 0.6) is 11.5 Å². The number of urea groups is 1. The number of carbonyl (C=O) groups is 2. The van der Waals surface area contributed by atoms with Gasteiger partial charge in [0.25, 0.3) is 0 Å². The van der Waals surface area contributed by atoms with E-state index in [1.165, 1.54) is 4.90 Å². The molecule has 10 heteroatoms. The van der Waals surface area contributed by atoms with E-state index in [2.05, 4.69) is 21.2 Å². The molecule has 0 saturated carbocycles. The van der Waals surface area contributed by atoms with Gasteiger partial charge in [-0.1, -0.05) is 22.0 Å². The molecule has 0 aliphatic heterocycles. The van der Waals surface area contributed by atoms with Crippen LogP contribution in [0.1, 0.15) is 16.0 Å². The van der Waals surface area contributed by atoms with Crippen LogP contribution in [0, 0.1) is 6.92 Å². The number of amides is 3. The van der Waals surface area contributed by atoms with Gasteiger partial charge in [0, 0.05) is 35.2 Å². The molecule has 0 radical (unpaired) electrons. The third-order valence-electron chi connectivity index (χ3n) is 6.05. The van der Waals surface area contributed by atoms with E-state index in [0.717, 1.165) is 20.5 Å². The van der Waals surface area contributed by atoms with E-state index in [1.807, 2.05) is 53.6 Å². The van der Waals surface area contributed by atoms with Crippen molar-refractivity contribution >= 4 is 44.9 Å². The van der Waals surface area contributed by atoms with Crippen LogP contribution in [0.3, 0.4) is 0 Å². The summed E-state index contributed by atoms with van der Waals surface area (Å²) in [6.07, 6.45) is 0.625. The van der Waals surface area contributed by atoms with Gasteiger partial charge in [0.05, 0.1) is 27.4 Å². The topological polar surface area (TPSA) is 80.3 Å². The van der Waals surface area contributed by atoms with E-state index in [1.54, 1.807) is 44.8 Å². The van der Waals surface area contributed by atoms with Crippen molar-refractivity contribution in [3.8, 4) is 11.5 Å². The van der Waals surface area contributed by atoms with Gasteiger partial charge in [-0.25, -0.2) is 4.79 Å². The minimum atomic E-state index is -0.357. The molecule has 1 heterocycles. The van der Waals surface area contributed by atoms with Crippen LogP contribution in [-0.4, -0.2) is 69.3 Å². The van der Waals surface area contributed by atoms with Gasteiger partial charge in [-0.2, -0.15) is 0 Å². The Hall–Kier alpha value is -3.08. The molecule has 0 unspecified atom stereocenters. The molecule has 1 aromatic heterocycles. The second-order valence-corrected chi connectivity index (χ2v) is 10.5. The Balaban J connectivity index is 1.75. The molecule has 3 amide bonds. The Morgan fingerprint density at radius 2 is 1.68 bits per heavy atom. The Bertz CT molecular complexity index is 1200. The molecule has 3 aromatic rings. The van der Waals surface area contributed by atoms with Crippen LogP contribution in [0.4, 0.5) is 10.5 Å². The van der Waals surface area contributed by atoms with E-state index < -0.39 is 0 Å². The smallest absolute Gasteiger partial charge is 0.322 e. The van der Waals surface area contributed by atoms with Crippen molar-refractivity contribution in [1.82, 2.24) is 9.80 Å². The Labute approximate surface area is 236 Å². The Kier molecular flexibility index (Phi) is 11.4. The average Bonchev–Trinajstić information content (AvgIpc) is 3.33. The largest absolute Gasteiger partial charge is 0.493 e. The number of benzene rings is 2. The molecule has 0 fully saturated rings. The van der Waals surface area contributed by atoms with Gasteiger partial charge in [-0.3, -0.25) is 4.79 Å². The summed E-state index contributed by atoms with van der Waals surface area (Å²) in [4.78, 5) is 31.1. The molecule has 0 spiro atoms. The molecule has 0 saturated heterocycles. The maximum Gasteiger partial charge on any atom is 0.322 e. The predicted octanol–water partition coefficient (Wildman–Crippen LogP) is 5.59. The number of aryl methyl sites for hydroxylation is 1. The summed E-state index contributed by atoms with van der Waals surface area (Å²) in [6, 6.07) is 14.7. The fraction of sp³-hybridized carbons (Fsp3) is 0.357. The standard InChI is InChI=1S/C28H34BrN3O5S/c1-20-12-16-38-26(20)18-31(13-11-21-5-10-24(36-3)25(17-21)37-4)27(33)19-32(14-15-35-2)28(34)30-23-8-6-22(29)7-9-23/h5-10,12,16-17H,11,13-15,18-19H2,1-4H3,(H,30,34). The summed E-state index contributed by atoms with van der Waals surface area (Å²) in [7, 11) is 4.77. The fourth-order valence-electron chi connectivity index (χ4n) is 3.78. The van der Waals surface area contributed by atoms with Crippen molar-refractivity contribution in [2.75, 3.05) is 52.9 Å². The average molecular weight is 605 g/mol. The zero-order chi connectivity index (χ0) is 27.5. The van der Waals surface area contributed by atoms with E-state index in [0.29, 0.717) is 43.3 Å². The quantitative estimate of drug-likeness (QED) is 0.275. The number of anilines is 1. The van der Waals surface area contributed by atoms with Gasteiger partial charge in [0.15, 0.2) is 11.5 Å². The van der Waals surface area contributed by atoms with Crippen molar-refractivity contribution in [3.63, 3.8) is 0 Å². The first-order valence-corrected chi connectivity index (χ1v) is 13.8. The summed E-state index contributed by atoms with van der Waals surface area (Å²) in [5, 5.41) is 4.90. The van der Waals surface area contributed by atoms with Crippen LogP contribution in [0.15, 0.2) is 58.4 Å². The monoisotopic (exact) mass is 603 g/mol. The molecule has 0 aliphatic rings. The molecule has 8 nitrogen and oxygen atoms in total. The number of hydrogen-bond donors (Lipinski definition) is 1. The SMILES string of the molecule is COCCN(CC(=O)N(CCc1ccc(OC)c(OC)c1)Cc1sccc1C)C(=O)Nc1ccc(Br)cc1. The fourth-order valence-corrected chi connectivity index (χ4v) is 4.97. The molecular formula is C28H34BrN3O5S. The molecule has 38 heavy (non-hydrogen) atoms. The van der Waals surface area contributed by atoms with E-state index in [4.69, 9.17) is 14.2 Å². The molecule has 3 rings (SSSR count). The number of carbonyl (C=O) groups excluding carboxylic acids is 2. The van der Waals surface area contributed by atoms with Crippen molar-refractivity contribution in [1.29, 1.82) is 0 Å². The first-order valence-electron chi connectivity index (χ1n) is 12.2. The lowest BCUT2D eigenvalue weighted by Gasteiger charge is -2.28. The maximum atomic E-state index is 13.6. The minimum absolute atomic E-state index is 0.0674. The molecule has 204 valence electrons. The second-order valence-electron chi connectivity index (χ2n) is 8.63. The highest BCUT2D eigenvalue weighted by Gasteiger charge is 2.23. The van der Waals surface area contributed by atoms with Gasteiger partial charge in [0.2, 0.25) is 5.91 Å². The van der Waals surface area contributed by atoms with Gasteiger partial charge in [-0.15, -0.1) is 11.3 Å². The van der Waals surface area contributed by atoms with E-state index in [-0.39, 0.29) is 25.0 Å². The Morgan fingerprint density at radius 3 is 2.32 bits per heavy atom. The van der Waals surface area contributed by atoms with Gasteiger partial charge in [0.1, 0.15) is 6.54 Å². The first kappa shape index (κ1) is 29.5. The van der Waals surface area contributed by atoms with E-state index in [9.17, 15) is 9.59 Å². The normalized spacial score (nSPS) is 10.7. The van der Waals surface area contributed by atoms with Crippen molar-refractivity contribution in [2.24, 2.45) is 0 Å². The third-order valence-corrected chi connectivity index (χ3v) is 7.58. The number of thiophene rings is 1. The number of halogens is 1. The highest BCUT2D eigenvalue weighted by Crippen LogP contribution is 2.28. The predicted molar refractivity (Wildman–Crippen MR) is 154 cm³/mol. The van der Waals surface area contributed by atoms with Crippen LogP contribution in [0.2, 0.25) is 0 Å². The van der Waals surface area contributed by atoms with E-state index >= 15 is 0 Å². The first-order chi connectivity index (χ1) is 18.3. The number of rotatable bonds is 13. The summed E-state index contributed by atoms with van der Waals surface area (Å²) >= 11 is 5.02. The van der Waals surface area contributed by atoms with Crippen molar-refractivity contribution < 1.29 is 23.8 Å². The Morgan fingerprint density at radius 1 is 0.947 bits per heavy atom. The van der Waals surface area contributed by atoms with Crippen LogP contribution in [0.25, 0.3) is 0 Å². The van der Waals surface area contributed by atoms with Crippen LogP contribution in [-0.2, 0) is 22.5 Å². The zero-order valence-electron chi connectivity index (χ0n) is 22.2. The van der Waals surface area contributed by atoms with Crippen LogP contribution >= 0.6 is 27.3 Å². The number of ether oxygens (including phenoxy) is 3. The lowest BCUT2D eigenvalue weighted by molar-refractivity contribution is -0.132. The highest BCUT2D eigenvalue weighted by molar-refractivity contribution is 9.10. The van der Waals surface area contributed by atoms with Gasteiger partial charge < -0.3 is 29.3 Å². The minimum Gasteiger partial charge on any atom is -0.493 e. The summed E-state index contributed by atoms with van der Waals surface area (Å²) in [5.41, 5.74) is 2.81. The van der Waals surface area contributed by atoms with Crippen molar-refractivity contribution in [2.45, 2.75) is 19.9 Å². The maximum absolute atomic E-state index is 13.6. The van der Waals surface area contributed by atoms with Crippen LogP contribution < -0.4 is 14.8 Å². The third kappa shape index (κ3) is 8.47. The number of methoxy groups -OCH3 is 3. The summed E-state index contributed by atoms with van der Waals surface area (Å²) in [5.74, 6) is 1.16. The highest BCUT2D eigenvalue weighted by atomic mass is 79.9. The lowest BCUT2D eigenvalue weighted by atomic mass is 10.1. The zero-order valence-corrected chi connectivity index (χ0v) is 24.6. The summed E-state index contributed by atoms with van der Waals surface area (Å²) < 4.78 is 16.9. The number of hydrogen-bond acceptors (Lipinski definition) is 6. The van der Waals surface area contributed by atoms with Gasteiger partial charge in [-0.05, 0) is 72.3 Å². The molecule has 1 N–H and O–H groups in total. The molecule has 0 aliphatic carbocycles. The summed E-state index contributed by atoms with van der Waals surface area (Å²) in [6.45, 7) is 3.53. The lowest BCUT2D eigenvalue weighted by Crippen LogP contribution is -2.46. The number of nitrogens with one attached hydrogen (secondary N) is 1. The second kappa shape index (κ2) is 14.8. The number of nitrogens with zero attached hydrogens (tertiary/aromatic N) is 2. The van der Waals surface area contributed by atoms with Crippen molar-refractivity contribution in [3.05, 3.63) is 74.4 Å². The molecule has 0 atom stereocenters. The molecular weight excluding hydrogens is 570 g/mol. The van der Waals surface area contributed by atoms with Gasteiger partial charge >= 0.3 is 6.03 Å². The molecule has 2 aromatic carbocycles.